The molecule has 3 rings (SSSR count). The molecule has 140 valence electrons. The molecule has 0 saturated heterocycles. The van der Waals surface area contributed by atoms with Gasteiger partial charge in [-0.1, -0.05) is 48.9 Å². The number of amides is 1. The first-order chi connectivity index (χ1) is 12.9. The first-order valence-electron chi connectivity index (χ1n) is 8.51. The summed E-state index contributed by atoms with van der Waals surface area (Å²) in [5, 5.41) is 4.80. The highest BCUT2D eigenvalue weighted by atomic mass is 32.2. The minimum atomic E-state index is -3.68. The van der Waals surface area contributed by atoms with Crippen molar-refractivity contribution in [3.63, 3.8) is 0 Å². The largest absolute Gasteiger partial charge is 0.301 e. The monoisotopic (exact) mass is 400 g/mol. The number of aromatic nitrogens is 1. The predicted octanol–water partition coefficient (Wildman–Crippen LogP) is 4.09. The van der Waals surface area contributed by atoms with Crippen molar-refractivity contribution in [2.75, 3.05) is 11.1 Å². The lowest BCUT2D eigenvalue weighted by atomic mass is 10.1. The molecule has 0 aliphatic heterocycles. The van der Waals surface area contributed by atoms with Crippen LogP contribution in [0.15, 0.2) is 58.8 Å². The maximum Gasteiger partial charge on any atom is 0.241 e. The number of anilines is 1. The first-order valence-corrected chi connectivity index (χ1v) is 11.0. The molecular formula is C20H20N2O3S2. The Morgan fingerprint density at radius 1 is 1.07 bits per heavy atom. The summed E-state index contributed by atoms with van der Waals surface area (Å²) in [4.78, 5) is 16.7. The van der Waals surface area contributed by atoms with Crippen molar-refractivity contribution in [2.24, 2.45) is 0 Å². The van der Waals surface area contributed by atoms with Gasteiger partial charge in [0.15, 0.2) is 15.0 Å². The van der Waals surface area contributed by atoms with Crippen molar-refractivity contribution in [1.82, 2.24) is 4.98 Å². The molecule has 0 radical (unpaired) electrons. The van der Waals surface area contributed by atoms with Crippen molar-refractivity contribution in [1.29, 1.82) is 0 Å². The SMILES string of the molecule is CCc1ccc(-c2csc(NC(=O)CS(=O)(=O)c3ccc(C)cc3)n2)cc1. The fourth-order valence-corrected chi connectivity index (χ4v) is 4.40. The lowest BCUT2D eigenvalue weighted by Gasteiger charge is -2.05. The Bertz CT molecular complexity index is 1040. The Morgan fingerprint density at radius 3 is 2.37 bits per heavy atom. The number of aryl methyl sites for hydroxylation is 2. The number of hydrogen-bond acceptors (Lipinski definition) is 5. The number of thiazole rings is 1. The molecule has 0 atom stereocenters. The molecule has 1 amide bonds. The van der Waals surface area contributed by atoms with Gasteiger partial charge in [0, 0.05) is 10.9 Å². The van der Waals surface area contributed by atoms with Crippen LogP contribution in [0.5, 0.6) is 0 Å². The number of rotatable bonds is 6. The van der Waals surface area contributed by atoms with Gasteiger partial charge < -0.3 is 5.32 Å². The lowest BCUT2D eigenvalue weighted by molar-refractivity contribution is -0.113. The van der Waals surface area contributed by atoms with E-state index in [1.807, 2.05) is 36.6 Å². The molecule has 0 aliphatic carbocycles. The van der Waals surface area contributed by atoms with E-state index >= 15 is 0 Å². The summed E-state index contributed by atoms with van der Waals surface area (Å²) in [6.45, 7) is 3.97. The van der Waals surface area contributed by atoms with E-state index < -0.39 is 21.5 Å². The molecule has 1 heterocycles. The van der Waals surface area contributed by atoms with Crippen LogP contribution < -0.4 is 5.32 Å². The summed E-state index contributed by atoms with van der Waals surface area (Å²) < 4.78 is 24.7. The van der Waals surface area contributed by atoms with Crippen molar-refractivity contribution in [3.05, 3.63) is 65.0 Å². The van der Waals surface area contributed by atoms with E-state index in [9.17, 15) is 13.2 Å². The number of nitrogens with one attached hydrogen (secondary N) is 1. The van der Waals surface area contributed by atoms with Gasteiger partial charge in [-0.2, -0.15) is 0 Å². The van der Waals surface area contributed by atoms with Crippen LogP contribution in [-0.2, 0) is 21.1 Å². The fraction of sp³-hybridized carbons (Fsp3) is 0.200. The van der Waals surface area contributed by atoms with E-state index in [-0.39, 0.29) is 4.90 Å². The zero-order valence-corrected chi connectivity index (χ0v) is 16.7. The number of hydrogen-bond donors (Lipinski definition) is 1. The zero-order chi connectivity index (χ0) is 19.4. The van der Waals surface area contributed by atoms with E-state index in [0.717, 1.165) is 23.2 Å². The summed E-state index contributed by atoms with van der Waals surface area (Å²) in [6.07, 6.45) is 0.966. The average molecular weight is 401 g/mol. The summed E-state index contributed by atoms with van der Waals surface area (Å²) >= 11 is 1.27. The summed E-state index contributed by atoms with van der Waals surface area (Å²) in [6, 6.07) is 14.5. The van der Waals surface area contributed by atoms with Crippen LogP contribution in [0, 0.1) is 6.92 Å². The smallest absolute Gasteiger partial charge is 0.241 e. The van der Waals surface area contributed by atoms with Gasteiger partial charge in [-0.25, -0.2) is 13.4 Å². The van der Waals surface area contributed by atoms with E-state index in [0.29, 0.717) is 5.13 Å². The standard InChI is InChI=1S/C20H20N2O3S2/c1-3-15-6-8-16(9-7-15)18-12-26-20(21-18)22-19(23)13-27(24,25)17-10-4-14(2)5-11-17/h4-12H,3,13H2,1-2H3,(H,21,22,23). The first kappa shape index (κ1) is 19.3. The summed E-state index contributed by atoms with van der Waals surface area (Å²) in [5.74, 6) is -1.21. The van der Waals surface area contributed by atoms with Gasteiger partial charge in [0.1, 0.15) is 5.75 Å². The Morgan fingerprint density at radius 2 is 1.74 bits per heavy atom. The molecular weight excluding hydrogens is 380 g/mol. The number of carbonyl (C=O) groups is 1. The van der Waals surface area contributed by atoms with Crippen LogP contribution in [0.4, 0.5) is 5.13 Å². The van der Waals surface area contributed by atoms with Crippen LogP contribution in [0.25, 0.3) is 11.3 Å². The van der Waals surface area contributed by atoms with Gasteiger partial charge in [0.05, 0.1) is 10.6 Å². The van der Waals surface area contributed by atoms with Crippen LogP contribution in [0.3, 0.4) is 0 Å². The molecule has 3 aromatic rings. The topological polar surface area (TPSA) is 76.1 Å². The van der Waals surface area contributed by atoms with Gasteiger partial charge >= 0.3 is 0 Å². The van der Waals surface area contributed by atoms with Gasteiger partial charge in [-0.15, -0.1) is 11.3 Å². The number of sulfone groups is 1. The molecule has 0 saturated carbocycles. The van der Waals surface area contributed by atoms with Crippen LogP contribution in [-0.4, -0.2) is 25.1 Å². The average Bonchev–Trinajstić information content (AvgIpc) is 3.10. The van der Waals surface area contributed by atoms with Gasteiger partial charge in [0.2, 0.25) is 5.91 Å². The Hall–Kier alpha value is -2.51. The van der Waals surface area contributed by atoms with E-state index in [2.05, 4.69) is 17.2 Å². The fourth-order valence-electron chi connectivity index (χ4n) is 2.53. The highest BCUT2D eigenvalue weighted by molar-refractivity contribution is 7.92. The number of nitrogens with zero attached hydrogens (tertiary/aromatic N) is 1. The Labute approximate surface area is 163 Å². The van der Waals surface area contributed by atoms with Gasteiger partial charge in [-0.05, 0) is 31.0 Å². The molecule has 0 bridgehead atoms. The predicted molar refractivity (Wildman–Crippen MR) is 109 cm³/mol. The van der Waals surface area contributed by atoms with Crippen molar-refractivity contribution >= 4 is 32.2 Å². The quantitative estimate of drug-likeness (QED) is 0.676. The highest BCUT2D eigenvalue weighted by Crippen LogP contribution is 2.25. The van der Waals surface area contributed by atoms with Gasteiger partial charge in [-0.3, -0.25) is 4.79 Å². The number of benzene rings is 2. The number of carbonyl (C=O) groups excluding carboxylic acids is 1. The van der Waals surface area contributed by atoms with Crippen molar-refractivity contribution in [3.8, 4) is 11.3 Å². The van der Waals surface area contributed by atoms with Crippen LogP contribution >= 0.6 is 11.3 Å². The molecule has 2 aromatic carbocycles. The summed E-state index contributed by atoms with van der Waals surface area (Å²) in [5.41, 5.74) is 3.90. The second-order valence-electron chi connectivity index (χ2n) is 6.21. The lowest BCUT2D eigenvalue weighted by Crippen LogP contribution is -2.22. The van der Waals surface area contributed by atoms with E-state index in [1.165, 1.54) is 29.0 Å². The molecule has 27 heavy (non-hydrogen) atoms. The third-order valence-corrected chi connectivity index (χ3v) is 6.50. The molecule has 0 fully saturated rings. The normalized spacial score (nSPS) is 11.3. The third kappa shape index (κ3) is 4.81. The van der Waals surface area contributed by atoms with Crippen molar-refractivity contribution < 1.29 is 13.2 Å². The minimum absolute atomic E-state index is 0.138. The Balaban J connectivity index is 1.67. The zero-order valence-electron chi connectivity index (χ0n) is 15.1. The highest BCUT2D eigenvalue weighted by Gasteiger charge is 2.20. The molecule has 0 spiro atoms. The van der Waals surface area contributed by atoms with Crippen molar-refractivity contribution in [2.45, 2.75) is 25.2 Å². The molecule has 0 aliphatic rings. The maximum atomic E-state index is 12.4. The summed E-state index contributed by atoms with van der Waals surface area (Å²) in [7, 11) is -3.68. The molecule has 1 N–H and O–H groups in total. The van der Waals surface area contributed by atoms with E-state index in [4.69, 9.17) is 0 Å². The third-order valence-electron chi connectivity index (χ3n) is 4.11. The second kappa shape index (κ2) is 8.02. The Kier molecular flexibility index (Phi) is 5.72. The molecule has 0 unspecified atom stereocenters. The van der Waals surface area contributed by atoms with Crippen LogP contribution in [0.2, 0.25) is 0 Å². The molecule has 1 aromatic heterocycles. The van der Waals surface area contributed by atoms with Crippen LogP contribution in [0.1, 0.15) is 18.1 Å². The van der Waals surface area contributed by atoms with Gasteiger partial charge in [0.25, 0.3) is 0 Å². The molecule has 5 nitrogen and oxygen atoms in total. The maximum absolute atomic E-state index is 12.4. The molecule has 7 heteroatoms. The van der Waals surface area contributed by atoms with E-state index in [1.54, 1.807) is 12.1 Å². The minimum Gasteiger partial charge on any atom is -0.301 e. The second-order valence-corrected chi connectivity index (χ2v) is 9.06.